The molecule has 0 spiro atoms. The predicted octanol–water partition coefficient (Wildman–Crippen LogP) is 0.534. The van der Waals surface area contributed by atoms with Crippen molar-refractivity contribution in [3.63, 3.8) is 0 Å². The fraction of sp³-hybridized carbons (Fsp3) is 0.556. The van der Waals surface area contributed by atoms with Crippen molar-refractivity contribution in [2.45, 2.75) is 6.92 Å². The summed E-state index contributed by atoms with van der Waals surface area (Å²) in [6.45, 7) is 5.60. The molecule has 14 heavy (non-hydrogen) atoms. The lowest BCUT2D eigenvalue weighted by molar-refractivity contribution is -0.140. The molecule has 0 heterocycles. The first-order valence-electron chi connectivity index (χ1n) is 4.31. The van der Waals surface area contributed by atoms with Gasteiger partial charge in [-0.3, -0.25) is 4.79 Å². The minimum atomic E-state index is -0.920. The Labute approximate surface area is 83.4 Å². The van der Waals surface area contributed by atoms with Gasteiger partial charge in [0.2, 0.25) is 0 Å². The third-order valence-electron chi connectivity index (χ3n) is 1.73. The number of carboxylic acids is 1. The average molecular weight is 200 g/mol. The Morgan fingerprint density at radius 2 is 2.21 bits per heavy atom. The van der Waals surface area contributed by atoms with E-state index in [1.54, 1.807) is 13.1 Å². The Balaban J connectivity index is 3.84. The molecule has 0 bridgehead atoms. The number of likely N-dealkylation sites (N-methyl/N-ethyl adjacent to an activating group) is 1. The van der Waals surface area contributed by atoms with Gasteiger partial charge in [0.25, 0.3) is 0 Å². The Bertz CT molecular complexity index is 228. The molecule has 0 aliphatic carbocycles. The van der Waals surface area contributed by atoms with Crippen LogP contribution in [0.4, 0.5) is 4.79 Å². The number of hydrogen-bond donors (Lipinski definition) is 2. The molecule has 1 atom stereocenters. The van der Waals surface area contributed by atoms with Crippen molar-refractivity contribution in [1.82, 2.24) is 10.2 Å². The van der Waals surface area contributed by atoms with E-state index in [0.29, 0.717) is 6.54 Å². The maximum Gasteiger partial charge on any atom is 0.317 e. The number of carbonyl (C=O) groups is 2. The van der Waals surface area contributed by atoms with Gasteiger partial charge in [0.05, 0.1) is 5.92 Å². The third-order valence-corrected chi connectivity index (χ3v) is 1.73. The minimum absolute atomic E-state index is 0.135. The van der Waals surface area contributed by atoms with Gasteiger partial charge in [-0.1, -0.05) is 13.0 Å². The highest BCUT2D eigenvalue weighted by atomic mass is 16.4. The summed E-state index contributed by atoms with van der Waals surface area (Å²) in [5.41, 5.74) is 0. The van der Waals surface area contributed by atoms with Crippen molar-refractivity contribution >= 4 is 12.0 Å². The van der Waals surface area contributed by atoms with E-state index in [4.69, 9.17) is 5.11 Å². The fourth-order valence-electron chi connectivity index (χ4n) is 0.739. The van der Waals surface area contributed by atoms with Crippen LogP contribution in [0.3, 0.4) is 0 Å². The van der Waals surface area contributed by atoms with Gasteiger partial charge in [-0.05, 0) is 0 Å². The Kier molecular flexibility index (Phi) is 5.36. The van der Waals surface area contributed by atoms with E-state index in [0.717, 1.165) is 0 Å². The molecule has 0 fully saturated rings. The van der Waals surface area contributed by atoms with E-state index in [9.17, 15) is 9.59 Å². The van der Waals surface area contributed by atoms with Gasteiger partial charge in [0.15, 0.2) is 0 Å². The van der Waals surface area contributed by atoms with Gasteiger partial charge in [0.1, 0.15) is 0 Å². The molecule has 0 aliphatic heterocycles. The van der Waals surface area contributed by atoms with Gasteiger partial charge in [-0.15, -0.1) is 6.58 Å². The number of aliphatic carboxylic acids is 1. The SMILES string of the molecule is C=CCN(C)C(=O)NCC(C)C(=O)O. The van der Waals surface area contributed by atoms with Crippen LogP contribution in [-0.2, 0) is 4.79 Å². The summed E-state index contributed by atoms with van der Waals surface area (Å²) in [6, 6.07) is -0.294. The van der Waals surface area contributed by atoms with E-state index in [1.165, 1.54) is 11.8 Å². The maximum atomic E-state index is 11.2. The topological polar surface area (TPSA) is 69.6 Å². The molecule has 0 aromatic heterocycles. The second kappa shape index (κ2) is 6.01. The largest absolute Gasteiger partial charge is 0.481 e. The molecule has 0 radical (unpaired) electrons. The van der Waals surface area contributed by atoms with Gasteiger partial charge in [0, 0.05) is 20.1 Å². The number of amides is 2. The first kappa shape index (κ1) is 12.5. The molecule has 0 aliphatic rings. The zero-order valence-electron chi connectivity index (χ0n) is 8.49. The number of carboxylic acid groups (broad SMARTS) is 1. The van der Waals surface area contributed by atoms with Crippen molar-refractivity contribution in [2.24, 2.45) is 5.92 Å². The lowest BCUT2D eigenvalue weighted by Gasteiger charge is -2.16. The van der Waals surface area contributed by atoms with E-state index < -0.39 is 11.9 Å². The normalized spacial score (nSPS) is 11.6. The minimum Gasteiger partial charge on any atom is -0.481 e. The molecular weight excluding hydrogens is 184 g/mol. The summed E-state index contributed by atoms with van der Waals surface area (Å²) in [7, 11) is 1.61. The Hall–Kier alpha value is -1.52. The zero-order valence-corrected chi connectivity index (χ0v) is 8.49. The standard InChI is InChI=1S/C9H16N2O3/c1-4-5-11(3)9(14)10-6-7(2)8(12)13/h4,7H,1,5-6H2,2-3H3,(H,10,14)(H,12,13). The predicted molar refractivity (Wildman–Crippen MR) is 53.0 cm³/mol. The maximum absolute atomic E-state index is 11.2. The van der Waals surface area contributed by atoms with Crippen LogP contribution < -0.4 is 5.32 Å². The molecule has 1 unspecified atom stereocenters. The molecular formula is C9H16N2O3. The highest BCUT2D eigenvalue weighted by Gasteiger charge is 2.13. The van der Waals surface area contributed by atoms with Crippen molar-refractivity contribution in [3.8, 4) is 0 Å². The highest BCUT2D eigenvalue weighted by molar-refractivity contribution is 5.75. The average Bonchev–Trinajstić information content (AvgIpc) is 2.13. The third kappa shape index (κ3) is 4.49. The van der Waals surface area contributed by atoms with Crippen molar-refractivity contribution in [3.05, 3.63) is 12.7 Å². The van der Waals surface area contributed by atoms with Crippen molar-refractivity contribution in [1.29, 1.82) is 0 Å². The number of urea groups is 1. The summed E-state index contributed by atoms with van der Waals surface area (Å²) in [6.07, 6.45) is 1.60. The number of nitrogens with zero attached hydrogens (tertiary/aromatic N) is 1. The van der Waals surface area contributed by atoms with Crippen LogP contribution in [0.5, 0.6) is 0 Å². The van der Waals surface area contributed by atoms with Gasteiger partial charge < -0.3 is 15.3 Å². The molecule has 0 aromatic rings. The molecule has 0 rings (SSSR count). The van der Waals surface area contributed by atoms with Crippen LogP contribution in [-0.4, -0.2) is 42.1 Å². The quantitative estimate of drug-likeness (QED) is 0.636. The summed E-state index contributed by atoms with van der Waals surface area (Å²) in [5, 5.41) is 11.1. The second-order valence-electron chi connectivity index (χ2n) is 3.09. The van der Waals surface area contributed by atoms with Crippen LogP contribution in [0.25, 0.3) is 0 Å². The van der Waals surface area contributed by atoms with Gasteiger partial charge >= 0.3 is 12.0 Å². The van der Waals surface area contributed by atoms with E-state index in [2.05, 4.69) is 11.9 Å². The monoisotopic (exact) mass is 200 g/mol. The summed E-state index contributed by atoms with van der Waals surface area (Å²) < 4.78 is 0. The van der Waals surface area contributed by atoms with E-state index in [-0.39, 0.29) is 12.6 Å². The smallest absolute Gasteiger partial charge is 0.317 e. The van der Waals surface area contributed by atoms with Gasteiger partial charge in [-0.2, -0.15) is 0 Å². The Morgan fingerprint density at radius 3 is 2.64 bits per heavy atom. The molecule has 5 nitrogen and oxygen atoms in total. The lowest BCUT2D eigenvalue weighted by atomic mass is 10.2. The van der Waals surface area contributed by atoms with Crippen molar-refractivity contribution in [2.75, 3.05) is 20.1 Å². The summed E-state index contributed by atoms with van der Waals surface area (Å²) in [4.78, 5) is 23.1. The Morgan fingerprint density at radius 1 is 1.64 bits per heavy atom. The van der Waals surface area contributed by atoms with Crippen LogP contribution in [0, 0.1) is 5.92 Å². The number of rotatable bonds is 5. The zero-order chi connectivity index (χ0) is 11.1. The fourth-order valence-corrected chi connectivity index (χ4v) is 0.739. The van der Waals surface area contributed by atoms with Gasteiger partial charge in [-0.25, -0.2) is 4.79 Å². The second-order valence-corrected chi connectivity index (χ2v) is 3.09. The van der Waals surface area contributed by atoms with Crippen LogP contribution >= 0.6 is 0 Å². The lowest BCUT2D eigenvalue weighted by Crippen LogP contribution is -2.40. The molecule has 2 amide bonds. The van der Waals surface area contributed by atoms with E-state index >= 15 is 0 Å². The summed E-state index contributed by atoms with van der Waals surface area (Å²) >= 11 is 0. The molecule has 0 aromatic carbocycles. The summed E-state index contributed by atoms with van der Waals surface area (Å²) in [5.74, 6) is -1.49. The molecule has 2 N–H and O–H groups in total. The first-order chi connectivity index (χ1) is 6.49. The first-order valence-corrected chi connectivity index (χ1v) is 4.31. The molecule has 5 heteroatoms. The van der Waals surface area contributed by atoms with Crippen molar-refractivity contribution < 1.29 is 14.7 Å². The van der Waals surface area contributed by atoms with E-state index in [1.807, 2.05) is 0 Å². The van der Waals surface area contributed by atoms with Crippen LogP contribution in [0.2, 0.25) is 0 Å². The molecule has 80 valence electrons. The number of carbonyl (C=O) groups excluding carboxylic acids is 1. The van der Waals surface area contributed by atoms with Crippen LogP contribution in [0.1, 0.15) is 6.92 Å². The highest BCUT2D eigenvalue weighted by Crippen LogP contribution is 1.92. The van der Waals surface area contributed by atoms with Crippen LogP contribution in [0.15, 0.2) is 12.7 Å². The molecule has 0 saturated heterocycles. The number of hydrogen-bond acceptors (Lipinski definition) is 2. The number of nitrogens with one attached hydrogen (secondary N) is 1. The molecule has 0 saturated carbocycles.